The molecule has 0 radical (unpaired) electrons. The lowest BCUT2D eigenvalue weighted by Gasteiger charge is -2.40. The fourth-order valence-electron chi connectivity index (χ4n) is 3.71. The summed E-state index contributed by atoms with van der Waals surface area (Å²) in [4.78, 5) is 0. The number of piperidine rings is 1. The third kappa shape index (κ3) is 2.73. The first-order valence-electron chi connectivity index (χ1n) is 6.55. The maximum atomic E-state index is 10.1. The molecule has 1 aliphatic carbocycles. The molecule has 2 rings (SSSR count). The van der Waals surface area contributed by atoms with Gasteiger partial charge < -0.3 is 10.4 Å². The molecule has 1 saturated carbocycles. The highest BCUT2D eigenvalue weighted by molar-refractivity contribution is 4.87. The van der Waals surface area contributed by atoms with Gasteiger partial charge in [-0.1, -0.05) is 13.8 Å². The first-order chi connectivity index (χ1) is 7.16. The molecule has 0 amide bonds. The molecule has 2 fully saturated rings. The third-order valence-electron chi connectivity index (χ3n) is 4.31. The predicted octanol–water partition coefficient (Wildman–Crippen LogP) is 2.03. The average Bonchev–Trinajstić information content (AvgIpc) is 2.16. The van der Waals surface area contributed by atoms with Gasteiger partial charge in [-0.2, -0.15) is 0 Å². The molecule has 0 spiro atoms. The summed E-state index contributed by atoms with van der Waals surface area (Å²) in [6.45, 7) is 6.76. The Balaban J connectivity index is 1.95. The summed E-state index contributed by atoms with van der Waals surface area (Å²) in [6, 6.07) is 0. The number of rotatable bonds is 1. The van der Waals surface area contributed by atoms with Gasteiger partial charge in [-0.15, -0.1) is 0 Å². The maximum Gasteiger partial charge on any atom is 0.0595 e. The topological polar surface area (TPSA) is 32.3 Å². The zero-order valence-corrected chi connectivity index (χ0v) is 10.1. The van der Waals surface area contributed by atoms with Crippen LogP contribution in [-0.2, 0) is 0 Å². The minimum atomic E-state index is -0.0475. The summed E-state index contributed by atoms with van der Waals surface area (Å²) in [6.07, 6.45) is 4.94. The van der Waals surface area contributed by atoms with E-state index in [0.29, 0.717) is 5.92 Å². The highest BCUT2D eigenvalue weighted by atomic mass is 16.3. The van der Waals surface area contributed by atoms with Crippen LogP contribution >= 0.6 is 0 Å². The van der Waals surface area contributed by atoms with Crippen LogP contribution in [-0.4, -0.2) is 24.3 Å². The molecule has 88 valence electrons. The van der Waals surface area contributed by atoms with Gasteiger partial charge in [-0.3, -0.25) is 0 Å². The second kappa shape index (κ2) is 4.84. The number of hydrogen-bond acceptors (Lipinski definition) is 2. The van der Waals surface area contributed by atoms with Gasteiger partial charge in [-0.05, 0) is 50.0 Å². The molecular weight excluding hydrogens is 186 g/mol. The summed E-state index contributed by atoms with van der Waals surface area (Å²) in [7, 11) is 0. The fourth-order valence-corrected chi connectivity index (χ4v) is 3.71. The molecule has 1 heterocycles. The van der Waals surface area contributed by atoms with E-state index >= 15 is 0 Å². The van der Waals surface area contributed by atoms with E-state index < -0.39 is 0 Å². The van der Waals surface area contributed by atoms with Gasteiger partial charge in [0, 0.05) is 12.5 Å². The fraction of sp³-hybridized carbons (Fsp3) is 1.00. The molecular formula is C13H25NO. The van der Waals surface area contributed by atoms with Crippen molar-refractivity contribution in [3.05, 3.63) is 0 Å². The Morgan fingerprint density at radius 2 is 1.73 bits per heavy atom. The summed E-state index contributed by atoms with van der Waals surface area (Å²) >= 11 is 0. The SMILES string of the molecule is CC1CC(C)CC(C2CNCCC2O)C1. The Hall–Kier alpha value is -0.0800. The highest BCUT2D eigenvalue weighted by Crippen LogP contribution is 2.38. The molecule has 4 atom stereocenters. The van der Waals surface area contributed by atoms with Crippen molar-refractivity contribution in [1.82, 2.24) is 5.32 Å². The summed E-state index contributed by atoms with van der Waals surface area (Å²) in [5.74, 6) is 2.98. The minimum Gasteiger partial charge on any atom is -0.393 e. The molecule has 2 heteroatoms. The second-order valence-corrected chi connectivity index (χ2v) is 5.90. The van der Waals surface area contributed by atoms with Crippen LogP contribution in [0.25, 0.3) is 0 Å². The number of aliphatic hydroxyl groups is 1. The molecule has 0 aromatic rings. The van der Waals surface area contributed by atoms with E-state index in [2.05, 4.69) is 19.2 Å². The standard InChI is InChI=1S/C13H25NO/c1-9-5-10(2)7-11(6-9)12-8-14-4-3-13(12)15/h9-15H,3-8H2,1-2H3. The second-order valence-electron chi connectivity index (χ2n) is 5.90. The van der Waals surface area contributed by atoms with Crippen molar-refractivity contribution >= 4 is 0 Å². The van der Waals surface area contributed by atoms with Crippen molar-refractivity contribution in [2.24, 2.45) is 23.7 Å². The Morgan fingerprint density at radius 1 is 1.07 bits per heavy atom. The van der Waals surface area contributed by atoms with Gasteiger partial charge >= 0.3 is 0 Å². The third-order valence-corrected chi connectivity index (χ3v) is 4.31. The van der Waals surface area contributed by atoms with Gasteiger partial charge in [0.05, 0.1) is 6.10 Å². The largest absolute Gasteiger partial charge is 0.393 e. The van der Waals surface area contributed by atoms with Crippen molar-refractivity contribution in [2.75, 3.05) is 13.1 Å². The van der Waals surface area contributed by atoms with Crippen LogP contribution in [0.2, 0.25) is 0 Å². The maximum absolute atomic E-state index is 10.1. The first-order valence-corrected chi connectivity index (χ1v) is 6.55. The van der Waals surface area contributed by atoms with Gasteiger partial charge in [-0.25, -0.2) is 0 Å². The first kappa shape index (κ1) is 11.4. The molecule has 2 N–H and O–H groups in total. The molecule has 1 saturated heterocycles. The Labute approximate surface area is 93.5 Å². The summed E-state index contributed by atoms with van der Waals surface area (Å²) in [5, 5.41) is 13.5. The smallest absolute Gasteiger partial charge is 0.0595 e. The van der Waals surface area contributed by atoms with E-state index in [4.69, 9.17) is 0 Å². The van der Waals surface area contributed by atoms with Crippen LogP contribution < -0.4 is 5.32 Å². The molecule has 1 aliphatic heterocycles. The lowest BCUT2D eigenvalue weighted by molar-refractivity contribution is 0.0200. The Bertz CT molecular complexity index is 197. The van der Waals surface area contributed by atoms with E-state index in [1.54, 1.807) is 0 Å². The molecule has 0 aromatic heterocycles. The van der Waals surface area contributed by atoms with Gasteiger partial charge in [0.15, 0.2) is 0 Å². The lowest BCUT2D eigenvalue weighted by Crippen LogP contribution is -2.45. The number of hydrogen-bond donors (Lipinski definition) is 2. The van der Waals surface area contributed by atoms with Crippen molar-refractivity contribution < 1.29 is 5.11 Å². The number of nitrogens with one attached hydrogen (secondary N) is 1. The van der Waals surface area contributed by atoms with Crippen LogP contribution in [0.3, 0.4) is 0 Å². The van der Waals surface area contributed by atoms with Crippen molar-refractivity contribution in [1.29, 1.82) is 0 Å². The van der Waals surface area contributed by atoms with Crippen LogP contribution in [0.15, 0.2) is 0 Å². The molecule has 15 heavy (non-hydrogen) atoms. The van der Waals surface area contributed by atoms with Crippen LogP contribution in [0, 0.1) is 23.7 Å². The molecule has 2 nitrogen and oxygen atoms in total. The Kier molecular flexibility index (Phi) is 3.68. The average molecular weight is 211 g/mol. The van der Waals surface area contributed by atoms with Crippen molar-refractivity contribution in [3.8, 4) is 0 Å². The molecule has 2 aliphatic rings. The lowest BCUT2D eigenvalue weighted by atomic mass is 9.69. The number of aliphatic hydroxyl groups excluding tert-OH is 1. The zero-order valence-electron chi connectivity index (χ0n) is 10.1. The van der Waals surface area contributed by atoms with E-state index in [9.17, 15) is 5.11 Å². The van der Waals surface area contributed by atoms with Crippen LogP contribution in [0.1, 0.15) is 39.5 Å². The van der Waals surface area contributed by atoms with Gasteiger partial charge in [0.25, 0.3) is 0 Å². The normalized spacial score (nSPS) is 47.8. The van der Waals surface area contributed by atoms with Gasteiger partial charge in [0.2, 0.25) is 0 Å². The van der Waals surface area contributed by atoms with E-state index in [-0.39, 0.29) is 6.10 Å². The molecule has 0 aromatic carbocycles. The van der Waals surface area contributed by atoms with E-state index in [1.165, 1.54) is 19.3 Å². The van der Waals surface area contributed by atoms with Crippen molar-refractivity contribution in [2.45, 2.75) is 45.6 Å². The molecule has 0 bridgehead atoms. The zero-order chi connectivity index (χ0) is 10.8. The predicted molar refractivity (Wildman–Crippen MR) is 62.7 cm³/mol. The minimum absolute atomic E-state index is 0.0475. The van der Waals surface area contributed by atoms with Crippen LogP contribution in [0.4, 0.5) is 0 Å². The van der Waals surface area contributed by atoms with Crippen LogP contribution in [0.5, 0.6) is 0 Å². The summed E-state index contributed by atoms with van der Waals surface area (Å²) < 4.78 is 0. The highest BCUT2D eigenvalue weighted by Gasteiger charge is 2.34. The summed E-state index contributed by atoms with van der Waals surface area (Å²) in [5.41, 5.74) is 0. The monoisotopic (exact) mass is 211 g/mol. The Morgan fingerprint density at radius 3 is 2.33 bits per heavy atom. The molecule has 4 unspecified atom stereocenters. The van der Waals surface area contributed by atoms with Crippen molar-refractivity contribution in [3.63, 3.8) is 0 Å². The van der Waals surface area contributed by atoms with Gasteiger partial charge in [0.1, 0.15) is 0 Å². The van der Waals surface area contributed by atoms with E-state index in [0.717, 1.165) is 37.3 Å². The van der Waals surface area contributed by atoms with E-state index in [1.807, 2.05) is 0 Å². The quantitative estimate of drug-likeness (QED) is 0.695.